The highest BCUT2D eigenvalue weighted by molar-refractivity contribution is 5.53. The summed E-state index contributed by atoms with van der Waals surface area (Å²) >= 11 is 0. The van der Waals surface area contributed by atoms with Crippen LogP contribution >= 0.6 is 0 Å². The summed E-state index contributed by atoms with van der Waals surface area (Å²) in [6.45, 7) is 1.93. The van der Waals surface area contributed by atoms with Crippen molar-refractivity contribution in [3.63, 3.8) is 0 Å². The van der Waals surface area contributed by atoms with Crippen LogP contribution in [0.15, 0.2) is 17.7 Å². The summed E-state index contributed by atoms with van der Waals surface area (Å²) in [5.74, 6) is -3.05. The van der Waals surface area contributed by atoms with Crippen LogP contribution < -0.4 is 5.73 Å². The topological polar surface area (TPSA) is 26.0 Å². The van der Waals surface area contributed by atoms with Gasteiger partial charge in [-0.3, -0.25) is 0 Å². The van der Waals surface area contributed by atoms with Gasteiger partial charge in [-0.25, -0.2) is 13.2 Å². The van der Waals surface area contributed by atoms with Crippen molar-refractivity contribution in [2.45, 2.75) is 6.92 Å². The molecule has 0 amide bonds. The highest BCUT2D eigenvalue weighted by Gasteiger charge is 2.07. The lowest BCUT2D eigenvalue weighted by molar-refractivity contribution is 0.494. The molecule has 2 N–H and O–H groups in total. The lowest BCUT2D eigenvalue weighted by atomic mass is 10.1. The second-order valence-corrected chi connectivity index (χ2v) is 2.98. The van der Waals surface area contributed by atoms with E-state index in [1.54, 1.807) is 6.92 Å². The van der Waals surface area contributed by atoms with Crippen molar-refractivity contribution in [1.29, 1.82) is 0 Å². The van der Waals surface area contributed by atoms with E-state index in [2.05, 4.69) is 0 Å². The van der Waals surface area contributed by atoms with Crippen LogP contribution in [0.3, 0.4) is 0 Å². The Morgan fingerprint density at radius 3 is 2.36 bits per heavy atom. The second kappa shape index (κ2) is 4.28. The minimum atomic E-state index is -1.19. The summed E-state index contributed by atoms with van der Waals surface area (Å²) in [5.41, 5.74) is 5.98. The molecule has 0 fully saturated rings. The monoisotopic (exact) mass is 201 g/mol. The first-order valence-electron chi connectivity index (χ1n) is 4.06. The van der Waals surface area contributed by atoms with Crippen LogP contribution in [0.1, 0.15) is 12.5 Å². The van der Waals surface area contributed by atoms with Crippen molar-refractivity contribution in [3.05, 3.63) is 40.7 Å². The molecule has 0 saturated heterocycles. The zero-order valence-electron chi connectivity index (χ0n) is 7.65. The molecule has 0 aromatic heterocycles. The Morgan fingerprint density at radius 1 is 1.21 bits per heavy atom. The molecule has 0 aliphatic heterocycles. The van der Waals surface area contributed by atoms with Gasteiger partial charge >= 0.3 is 0 Å². The Kier molecular flexibility index (Phi) is 3.30. The largest absolute Gasteiger partial charge is 0.327 e. The van der Waals surface area contributed by atoms with Crippen molar-refractivity contribution in [1.82, 2.24) is 0 Å². The predicted octanol–water partition coefficient (Wildman–Crippen LogP) is 2.47. The van der Waals surface area contributed by atoms with Gasteiger partial charge in [-0.2, -0.15) is 0 Å². The van der Waals surface area contributed by atoms with E-state index in [0.717, 1.165) is 6.07 Å². The Hall–Kier alpha value is -1.29. The van der Waals surface area contributed by atoms with Crippen molar-refractivity contribution in [2.24, 2.45) is 5.73 Å². The van der Waals surface area contributed by atoms with Crippen molar-refractivity contribution in [2.75, 3.05) is 6.54 Å². The van der Waals surface area contributed by atoms with Gasteiger partial charge in [-0.05, 0) is 13.0 Å². The molecule has 1 rings (SSSR count). The highest BCUT2D eigenvalue weighted by Crippen LogP contribution is 2.16. The fourth-order valence-corrected chi connectivity index (χ4v) is 0.973. The molecule has 76 valence electrons. The number of nitrogens with two attached hydrogens (primary N) is 1. The molecule has 0 unspecified atom stereocenters. The third kappa shape index (κ3) is 2.35. The van der Waals surface area contributed by atoms with E-state index in [4.69, 9.17) is 5.73 Å². The normalized spacial score (nSPS) is 11.9. The maximum absolute atomic E-state index is 13.0. The number of halogens is 3. The molecule has 4 heteroatoms. The molecular weight excluding hydrogens is 191 g/mol. The van der Waals surface area contributed by atoms with E-state index in [-0.39, 0.29) is 12.1 Å². The summed E-state index contributed by atoms with van der Waals surface area (Å²) in [7, 11) is 0. The van der Waals surface area contributed by atoms with Crippen LogP contribution in [0, 0.1) is 17.5 Å². The van der Waals surface area contributed by atoms with Gasteiger partial charge in [0, 0.05) is 18.2 Å². The number of rotatable bonds is 2. The summed E-state index contributed by atoms with van der Waals surface area (Å²) in [5, 5.41) is 0. The van der Waals surface area contributed by atoms with Gasteiger partial charge < -0.3 is 5.73 Å². The van der Waals surface area contributed by atoms with Crippen molar-refractivity contribution < 1.29 is 13.2 Å². The maximum Gasteiger partial charge on any atom is 0.161 e. The molecule has 1 aromatic rings. The number of hydrogen-bond acceptors (Lipinski definition) is 1. The van der Waals surface area contributed by atoms with Gasteiger partial charge in [0.25, 0.3) is 0 Å². The number of benzene rings is 1. The fourth-order valence-electron chi connectivity index (χ4n) is 0.973. The summed E-state index contributed by atoms with van der Waals surface area (Å²) in [4.78, 5) is 0. The Morgan fingerprint density at radius 2 is 1.79 bits per heavy atom. The molecule has 1 aromatic carbocycles. The highest BCUT2D eigenvalue weighted by atomic mass is 19.2. The molecule has 0 atom stereocenters. The Bertz CT molecular complexity index is 372. The summed E-state index contributed by atoms with van der Waals surface area (Å²) < 4.78 is 38.3. The van der Waals surface area contributed by atoms with Crippen LogP contribution in [0.5, 0.6) is 0 Å². The molecule has 0 aliphatic rings. The van der Waals surface area contributed by atoms with Gasteiger partial charge in [0.15, 0.2) is 11.6 Å². The van der Waals surface area contributed by atoms with E-state index in [1.807, 2.05) is 0 Å². The average Bonchev–Trinajstić information content (AvgIpc) is 2.14. The third-order valence-electron chi connectivity index (χ3n) is 1.76. The molecular formula is C10H10F3N. The van der Waals surface area contributed by atoms with E-state index in [0.29, 0.717) is 11.6 Å². The first-order chi connectivity index (χ1) is 6.54. The first-order valence-corrected chi connectivity index (χ1v) is 4.06. The van der Waals surface area contributed by atoms with E-state index in [1.165, 1.54) is 6.08 Å². The van der Waals surface area contributed by atoms with Crippen LogP contribution in [0.25, 0.3) is 6.08 Å². The molecule has 0 aliphatic carbocycles. The molecule has 0 heterocycles. The molecule has 0 spiro atoms. The van der Waals surface area contributed by atoms with Crippen LogP contribution in [0.4, 0.5) is 13.2 Å². The Balaban J connectivity index is 3.16. The van der Waals surface area contributed by atoms with E-state index in [9.17, 15) is 13.2 Å². The SMILES string of the molecule is C/C(=C/c1cc(F)c(F)cc1F)CN. The predicted molar refractivity (Wildman–Crippen MR) is 49.0 cm³/mol. The smallest absolute Gasteiger partial charge is 0.161 e. The minimum Gasteiger partial charge on any atom is -0.327 e. The molecule has 14 heavy (non-hydrogen) atoms. The average molecular weight is 201 g/mol. The van der Waals surface area contributed by atoms with Crippen molar-refractivity contribution in [3.8, 4) is 0 Å². The van der Waals surface area contributed by atoms with Gasteiger partial charge in [-0.1, -0.05) is 11.6 Å². The molecule has 0 bridgehead atoms. The molecule has 1 nitrogen and oxygen atoms in total. The fraction of sp³-hybridized carbons (Fsp3) is 0.200. The first kappa shape index (κ1) is 10.8. The van der Waals surface area contributed by atoms with E-state index < -0.39 is 17.5 Å². The van der Waals surface area contributed by atoms with Gasteiger partial charge in [0.1, 0.15) is 5.82 Å². The summed E-state index contributed by atoms with van der Waals surface area (Å²) in [6, 6.07) is 1.33. The van der Waals surface area contributed by atoms with Crippen LogP contribution in [-0.2, 0) is 0 Å². The quantitative estimate of drug-likeness (QED) is 0.731. The van der Waals surface area contributed by atoms with Gasteiger partial charge in [-0.15, -0.1) is 0 Å². The third-order valence-corrected chi connectivity index (χ3v) is 1.76. The number of hydrogen-bond donors (Lipinski definition) is 1. The molecule has 0 saturated carbocycles. The zero-order chi connectivity index (χ0) is 10.7. The van der Waals surface area contributed by atoms with Gasteiger partial charge in [0.05, 0.1) is 0 Å². The molecule has 0 radical (unpaired) electrons. The standard InChI is InChI=1S/C10H10F3N/c1-6(5-14)2-7-3-9(12)10(13)4-8(7)11/h2-4H,5,14H2,1H3/b6-2-. The zero-order valence-corrected chi connectivity index (χ0v) is 7.65. The van der Waals surface area contributed by atoms with Crippen LogP contribution in [0.2, 0.25) is 0 Å². The van der Waals surface area contributed by atoms with Crippen LogP contribution in [-0.4, -0.2) is 6.54 Å². The maximum atomic E-state index is 13.0. The van der Waals surface area contributed by atoms with E-state index >= 15 is 0 Å². The Labute approximate surface area is 80.0 Å². The second-order valence-electron chi connectivity index (χ2n) is 2.98. The summed E-state index contributed by atoms with van der Waals surface area (Å²) in [6.07, 6.45) is 1.39. The minimum absolute atomic E-state index is 0.00634. The lowest BCUT2D eigenvalue weighted by Gasteiger charge is -2.00. The van der Waals surface area contributed by atoms with Crippen molar-refractivity contribution >= 4 is 6.08 Å². The van der Waals surface area contributed by atoms with Gasteiger partial charge in [0.2, 0.25) is 0 Å². The lowest BCUT2D eigenvalue weighted by Crippen LogP contribution is -2.00.